The molecule has 0 spiro atoms. The van der Waals surface area contributed by atoms with Crippen LogP contribution in [0.3, 0.4) is 0 Å². The van der Waals surface area contributed by atoms with Gasteiger partial charge in [-0.2, -0.15) is 26.3 Å². The summed E-state index contributed by atoms with van der Waals surface area (Å²) in [6.45, 7) is -1.67. The molecule has 2 atom stereocenters. The predicted molar refractivity (Wildman–Crippen MR) is 95.0 cm³/mol. The lowest BCUT2D eigenvalue weighted by molar-refractivity contribution is -0.160. The Kier molecular flexibility index (Phi) is 6.70. The lowest BCUT2D eigenvalue weighted by Crippen LogP contribution is -2.40. The number of benzene rings is 1. The van der Waals surface area contributed by atoms with Crippen LogP contribution in [0, 0.1) is 5.92 Å². The predicted octanol–water partition coefficient (Wildman–Crippen LogP) is 4.95. The van der Waals surface area contributed by atoms with Gasteiger partial charge in [0, 0.05) is 6.04 Å². The van der Waals surface area contributed by atoms with E-state index in [4.69, 9.17) is 4.74 Å². The second-order valence-electron chi connectivity index (χ2n) is 7.78. The fraction of sp³-hybridized carbons (Fsp3) is 0.600. The third-order valence-electron chi connectivity index (χ3n) is 5.40. The Balaban J connectivity index is 1.43. The highest BCUT2D eigenvalue weighted by atomic mass is 19.4. The SMILES string of the molecule is O=C(NC1CCC(OC(=O)C2CC2c2ccccc2C(F)(F)F)CC1)OCC(F)(F)F. The van der Waals surface area contributed by atoms with E-state index >= 15 is 0 Å². The Labute approximate surface area is 174 Å². The van der Waals surface area contributed by atoms with Crippen LogP contribution in [0.1, 0.15) is 49.1 Å². The van der Waals surface area contributed by atoms with Crippen molar-refractivity contribution in [3.8, 4) is 0 Å². The molecule has 0 bridgehead atoms. The molecule has 0 aromatic heterocycles. The van der Waals surface area contributed by atoms with Crippen LogP contribution >= 0.6 is 0 Å². The summed E-state index contributed by atoms with van der Waals surface area (Å²) < 4.78 is 85.1. The van der Waals surface area contributed by atoms with Crippen LogP contribution in [0.25, 0.3) is 0 Å². The maximum atomic E-state index is 13.2. The molecule has 3 rings (SSSR count). The Morgan fingerprint density at radius 2 is 1.65 bits per heavy atom. The molecular formula is C20H21F6NO4. The number of alkyl carbamates (subject to hydrolysis) is 1. The average molecular weight is 453 g/mol. The van der Waals surface area contributed by atoms with E-state index in [-0.39, 0.29) is 12.0 Å². The highest BCUT2D eigenvalue weighted by molar-refractivity contribution is 5.77. The van der Waals surface area contributed by atoms with Gasteiger partial charge >= 0.3 is 24.4 Å². The molecule has 31 heavy (non-hydrogen) atoms. The van der Waals surface area contributed by atoms with Crippen molar-refractivity contribution in [1.29, 1.82) is 0 Å². The second kappa shape index (κ2) is 8.96. The van der Waals surface area contributed by atoms with Crippen LogP contribution in [-0.2, 0) is 20.4 Å². The maximum absolute atomic E-state index is 13.2. The van der Waals surface area contributed by atoms with Crippen molar-refractivity contribution < 1.29 is 45.4 Å². The number of alkyl halides is 6. The third-order valence-corrected chi connectivity index (χ3v) is 5.40. The largest absolute Gasteiger partial charge is 0.462 e. The molecule has 1 amide bonds. The van der Waals surface area contributed by atoms with Crippen LogP contribution in [-0.4, -0.2) is 37.0 Å². The molecular weight excluding hydrogens is 432 g/mol. The van der Waals surface area contributed by atoms with Gasteiger partial charge in [-0.25, -0.2) is 4.79 Å². The zero-order valence-electron chi connectivity index (χ0n) is 16.3. The highest BCUT2D eigenvalue weighted by Gasteiger charge is 2.49. The van der Waals surface area contributed by atoms with Gasteiger partial charge in [0.15, 0.2) is 6.61 Å². The monoisotopic (exact) mass is 453 g/mol. The summed E-state index contributed by atoms with van der Waals surface area (Å²) >= 11 is 0. The summed E-state index contributed by atoms with van der Waals surface area (Å²) in [4.78, 5) is 23.7. The first-order valence-corrected chi connectivity index (χ1v) is 9.80. The first kappa shape index (κ1) is 23.2. The number of esters is 1. The summed E-state index contributed by atoms with van der Waals surface area (Å²) in [5.74, 6) is -1.72. The molecule has 1 aromatic carbocycles. The number of rotatable bonds is 5. The fourth-order valence-electron chi connectivity index (χ4n) is 3.81. The molecule has 2 saturated carbocycles. The summed E-state index contributed by atoms with van der Waals surface area (Å²) in [7, 11) is 0. The molecule has 1 N–H and O–H groups in total. The molecule has 0 aliphatic heterocycles. The summed E-state index contributed by atoms with van der Waals surface area (Å²) in [5, 5.41) is 2.34. The summed E-state index contributed by atoms with van der Waals surface area (Å²) in [5.41, 5.74) is -0.665. The van der Waals surface area contributed by atoms with E-state index in [0.29, 0.717) is 25.7 Å². The zero-order chi connectivity index (χ0) is 22.8. The smallest absolute Gasteiger partial charge is 0.422 e. The van der Waals surface area contributed by atoms with Gasteiger partial charge in [0.25, 0.3) is 0 Å². The molecule has 0 saturated heterocycles. The lowest BCUT2D eigenvalue weighted by atomic mass is 9.93. The summed E-state index contributed by atoms with van der Waals surface area (Å²) in [6.07, 6.45) is -8.91. The van der Waals surface area contributed by atoms with Crippen LogP contribution in [0.15, 0.2) is 24.3 Å². The number of hydrogen-bond donors (Lipinski definition) is 1. The minimum Gasteiger partial charge on any atom is -0.462 e. The Morgan fingerprint density at radius 3 is 2.26 bits per heavy atom. The van der Waals surface area contributed by atoms with Gasteiger partial charge in [-0.1, -0.05) is 18.2 Å². The van der Waals surface area contributed by atoms with E-state index in [9.17, 15) is 35.9 Å². The van der Waals surface area contributed by atoms with Gasteiger partial charge in [-0.05, 0) is 49.7 Å². The normalized spacial score (nSPS) is 26.1. The van der Waals surface area contributed by atoms with Crippen LogP contribution in [0.5, 0.6) is 0 Å². The van der Waals surface area contributed by atoms with E-state index in [2.05, 4.69) is 10.1 Å². The van der Waals surface area contributed by atoms with Crippen molar-refractivity contribution in [3.05, 3.63) is 35.4 Å². The highest BCUT2D eigenvalue weighted by Crippen LogP contribution is 2.51. The van der Waals surface area contributed by atoms with E-state index in [1.54, 1.807) is 0 Å². The average Bonchev–Trinajstić information content (AvgIpc) is 3.48. The molecule has 2 aliphatic carbocycles. The Morgan fingerprint density at radius 1 is 1.00 bits per heavy atom. The quantitative estimate of drug-likeness (QED) is 0.506. The topological polar surface area (TPSA) is 64.6 Å². The van der Waals surface area contributed by atoms with Gasteiger partial charge in [0.2, 0.25) is 0 Å². The van der Waals surface area contributed by atoms with Crippen molar-refractivity contribution in [2.45, 2.75) is 62.5 Å². The van der Waals surface area contributed by atoms with Gasteiger partial charge < -0.3 is 14.8 Å². The van der Waals surface area contributed by atoms with Gasteiger partial charge in [0.1, 0.15) is 6.10 Å². The van der Waals surface area contributed by atoms with Crippen LogP contribution in [0.4, 0.5) is 31.1 Å². The lowest BCUT2D eigenvalue weighted by Gasteiger charge is -2.28. The molecule has 0 heterocycles. The van der Waals surface area contributed by atoms with Gasteiger partial charge in [-0.3, -0.25) is 4.79 Å². The first-order chi connectivity index (χ1) is 14.4. The van der Waals surface area contributed by atoms with E-state index in [1.165, 1.54) is 18.2 Å². The minimum absolute atomic E-state index is 0.0854. The standard InChI is InChI=1S/C20H21F6NO4/c21-19(22,23)10-30-18(29)27-11-5-7-12(8-6-11)31-17(28)15-9-14(15)13-3-1-2-4-16(13)20(24,25)26/h1-4,11-12,14-15H,5-10H2,(H,27,29). The number of halogens is 6. The molecule has 172 valence electrons. The van der Waals surface area contributed by atoms with Crippen molar-refractivity contribution >= 4 is 12.1 Å². The first-order valence-electron chi connectivity index (χ1n) is 9.80. The molecule has 11 heteroatoms. The van der Waals surface area contributed by atoms with Crippen molar-refractivity contribution in [2.75, 3.05) is 6.61 Å². The Hall–Kier alpha value is -2.46. The molecule has 1 aromatic rings. The van der Waals surface area contributed by atoms with E-state index < -0.39 is 60.6 Å². The minimum atomic E-state index is -4.61. The molecule has 2 unspecified atom stereocenters. The number of carbonyl (C=O) groups is 2. The molecule has 0 radical (unpaired) electrons. The molecule has 2 aliphatic rings. The van der Waals surface area contributed by atoms with Gasteiger partial charge in [0.05, 0.1) is 11.5 Å². The zero-order valence-corrected chi connectivity index (χ0v) is 16.3. The molecule has 5 nitrogen and oxygen atoms in total. The fourth-order valence-corrected chi connectivity index (χ4v) is 3.81. The third kappa shape index (κ3) is 6.51. The second-order valence-corrected chi connectivity index (χ2v) is 7.78. The van der Waals surface area contributed by atoms with Crippen molar-refractivity contribution in [2.24, 2.45) is 5.92 Å². The van der Waals surface area contributed by atoms with Gasteiger partial charge in [-0.15, -0.1) is 0 Å². The van der Waals surface area contributed by atoms with Crippen LogP contribution in [0.2, 0.25) is 0 Å². The summed E-state index contributed by atoms with van der Waals surface area (Å²) in [6, 6.07) is 4.76. The number of ether oxygens (including phenoxy) is 2. The molecule has 2 fully saturated rings. The van der Waals surface area contributed by atoms with Crippen LogP contribution < -0.4 is 5.32 Å². The van der Waals surface area contributed by atoms with E-state index in [0.717, 1.165) is 6.07 Å². The maximum Gasteiger partial charge on any atom is 0.422 e. The van der Waals surface area contributed by atoms with Crippen molar-refractivity contribution in [1.82, 2.24) is 5.32 Å². The number of amides is 1. The Bertz CT molecular complexity index is 802. The number of carbonyl (C=O) groups excluding carboxylic acids is 2. The number of hydrogen-bond acceptors (Lipinski definition) is 4. The number of nitrogens with one attached hydrogen (secondary N) is 1. The van der Waals surface area contributed by atoms with Crippen molar-refractivity contribution in [3.63, 3.8) is 0 Å². The van der Waals surface area contributed by atoms with E-state index in [1.807, 2.05) is 0 Å².